The molecular formula is C15H18N2O4. The van der Waals surface area contributed by atoms with E-state index in [4.69, 9.17) is 0 Å². The number of carboxylic acid groups (broad SMARTS) is 1. The zero-order chi connectivity index (χ0) is 15.0. The van der Waals surface area contributed by atoms with Crippen LogP contribution in [0.5, 0.6) is 0 Å². The molecule has 112 valence electrons. The van der Waals surface area contributed by atoms with Crippen LogP contribution in [0.15, 0.2) is 18.2 Å². The summed E-state index contributed by atoms with van der Waals surface area (Å²) in [4.78, 5) is 24.0. The average Bonchev–Trinajstić information content (AvgIpc) is 3.32. The van der Waals surface area contributed by atoms with Crippen molar-refractivity contribution in [1.29, 1.82) is 0 Å². The Morgan fingerprint density at radius 3 is 2.24 bits per heavy atom. The Bertz CT molecular complexity index is 565. The number of aromatic carboxylic acids is 1. The first-order valence-corrected chi connectivity index (χ1v) is 7.31. The highest BCUT2D eigenvalue weighted by Crippen LogP contribution is 2.37. The Morgan fingerprint density at radius 1 is 1.24 bits per heavy atom. The second-order valence-electron chi connectivity index (χ2n) is 6.06. The maximum atomic E-state index is 11.4. The van der Waals surface area contributed by atoms with E-state index in [1.165, 1.54) is 43.9 Å². The molecule has 2 aliphatic carbocycles. The van der Waals surface area contributed by atoms with Gasteiger partial charge in [-0.05, 0) is 43.6 Å². The number of carbonyl (C=O) groups is 1. The third-order valence-electron chi connectivity index (χ3n) is 4.11. The molecular weight excluding hydrogens is 272 g/mol. The summed E-state index contributed by atoms with van der Waals surface area (Å²) in [7, 11) is 0. The van der Waals surface area contributed by atoms with Gasteiger partial charge in [-0.3, -0.25) is 10.1 Å². The number of nitro groups is 1. The third-order valence-corrected chi connectivity index (χ3v) is 4.11. The molecule has 0 unspecified atom stereocenters. The van der Waals surface area contributed by atoms with Gasteiger partial charge in [-0.2, -0.15) is 0 Å². The Morgan fingerprint density at radius 2 is 1.81 bits per heavy atom. The highest BCUT2D eigenvalue weighted by molar-refractivity contribution is 5.95. The molecule has 2 aliphatic rings. The fourth-order valence-electron chi connectivity index (χ4n) is 2.57. The van der Waals surface area contributed by atoms with Gasteiger partial charge in [0.15, 0.2) is 0 Å². The summed E-state index contributed by atoms with van der Waals surface area (Å²) in [6.45, 7) is 1.61. The summed E-state index contributed by atoms with van der Waals surface area (Å²) in [6.07, 6.45) is 4.66. The van der Waals surface area contributed by atoms with Gasteiger partial charge in [0.2, 0.25) is 0 Å². The van der Waals surface area contributed by atoms with Gasteiger partial charge in [0.05, 0.1) is 16.2 Å². The van der Waals surface area contributed by atoms with E-state index in [2.05, 4.69) is 0 Å². The lowest BCUT2D eigenvalue weighted by Gasteiger charge is -2.26. The minimum atomic E-state index is -1.03. The maximum absolute atomic E-state index is 11.4. The van der Waals surface area contributed by atoms with E-state index >= 15 is 0 Å². The van der Waals surface area contributed by atoms with Gasteiger partial charge < -0.3 is 10.0 Å². The molecule has 0 saturated heterocycles. The highest BCUT2D eigenvalue weighted by atomic mass is 16.6. The van der Waals surface area contributed by atoms with Crippen molar-refractivity contribution < 1.29 is 14.8 Å². The first-order valence-electron chi connectivity index (χ1n) is 7.31. The van der Waals surface area contributed by atoms with Crippen LogP contribution in [0.1, 0.15) is 36.0 Å². The van der Waals surface area contributed by atoms with Crippen LogP contribution in [-0.2, 0) is 0 Å². The minimum absolute atomic E-state index is 0.0495. The van der Waals surface area contributed by atoms with Gasteiger partial charge in [0.25, 0.3) is 5.69 Å². The lowest BCUT2D eigenvalue weighted by Crippen LogP contribution is -2.29. The molecule has 6 nitrogen and oxygen atoms in total. The quantitative estimate of drug-likeness (QED) is 0.616. The molecule has 3 rings (SSSR count). The monoisotopic (exact) mass is 290 g/mol. The number of carboxylic acids is 1. The zero-order valence-electron chi connectivity index (χ0n) is 11.7. The highest BCUT2D eigenvalue weighted by Gasteiger charge is 2.31. The van der Waals surface area contributed by atoms with E-state index in [0.717, 1.165) is 13.1 Å². The summed E-state index contributed by atoms with van der Waals surface area (Å²) in [5, 5.41) is 20.3. The Labute approximate surface area is 122 Å². The normalized spacial score (nSPS) is 17.5. The molecule has 0 amide bonds. The fraction of sp³-hybridized carbons (Fsp3) is 0.533. The van der Waals surface area contributed by atoms with Gasteiger partial charge in [0, 0.05) is 25.2 Å². The second kappa shape index (κ2) is 5.35. The molecule has 0 aromatic heterocycles. The van der Waals surface area contributed by atoms with Crippen LogP contribution in [0.4, 0.5) is 11.4 Å². The molecule has 0 aliphatic heterocycles. The van der Waals surface area contributed by atoms with Crippen molar-refractivity contribution in [1.82, 2.24) is 0 Å². The molecule has 0 spiro atoms. The van der Waals surface area contributed by atoms with Gasteiger partial charge >= 0.3 is 5.97 Å². The Balaban J connectivity index is 1.94. The minimum Gasteiger partial charge on any atom is -0.478 e. The number of nitrogens with zero attached hydrogens (tertiary/aromatic N) is 2. The van der Waals surface area contributed by atoms with E-state index < -0.39 is 10.9 Å². The number of hydrogen-bond acceptors (Lipinski definition) is 4. The van der Waals surface area contributed by atoms with Crippen molar-refractivity contribution in [2.75, 3.05) is 18.0 Å². The zero-order valence-corrected chi connectivity index (χ0v) is 11.7. The standard InChI is InChI=1S/C15H18N2O4/c18-15(19)13-6-5-12(17(20)21)7-14(13)16(8-10-1-2-10)9-11-3-4-11/h5-7,10-11H,1-4,8-9H2,(H,18,19). The largest absolute Gasteiger partial charge is 0.478 e. The van der Waals surface area contributed by atoms with Crippen LogP contribution in [-0.4, -0.2) is 29.1 Å². The van der Waals surface area contributed by atoms with Gasteiger partial charge in [0.1, 0.15) is 0 Å². The molecule has 21 heavy (non-hydrogen) atoms. The summed E-state index contributed by atoms with van der Waals surface area (Å²) in [6, 6.07) is 4.02. The number of anilines is 1. The number of nitro benzene ring substituents is 1. The third kappa shape index (κ3) is 3.32. The van der Waals surface area contributed by atoms with E-state index in [1.807, 2.05) is 4.90 Å². The predicted octanol–water partition coefficient (Wildman–Crippen LogP) is 2.92. The van der Waals surface area contributed by atoms with E-state index in [0.29, 0.717) is 17.5 Å². The SMILES string of the molecule is O=C(O)c1ccc([N+](=O)[O-])cc1N(CC1CC1)CC1CC1. The van der Waals surface area contributed by atoms with Gasteiger partial charge in [-0.15, -0.1) is 0 Å². The van der Waals surface area contributed by atoms with Crippen molar-refractivity contribution in [3.8, 4) is 0 Å². The lowest BCUT2D eigenvalue weighted by atomic mass is 10.1. The first-order chi connectivity index (χ1) is 10.0. The van der Waals surface area contributed by atoms with Crippen LogP contribution < -0.4 is 4.90 Å². The Hall–Kier alpha value is -2.11. The number of non-ortho nitro benzene ring substituents is 1. The van der Waals surface area contributed by atoms with Crippen LogP contribution in [0.3, 0.4) is 0 Å². The van der Waals surface area contributed by atoms with E-state index in [9.17, 15) is 20.0 Å². The second-order valence-corrected chi connectivity index (χ2v) is 6.06. The van der Waals surface area contributed by atoms with Crippen LogP contribution in [0.25, 0.3) is 0 Å². The van der Waals surface area contributed by atoms with Crippen LogP contribution in [0, 0.1) is 22.0 Å². The van der Waals surface area contributed by atoms with Crippen molar-refractivity contribution in [2.45, 2.75) is 25.7 Å². The molecule has 0 bridgehead atoms. The molecule has 0 heterocycles. The van der Waals surface area contributed by atoms with Gasteiger partial charge in [-0.25, -0.2) is 4.79 Å². The lowest BCUT2D eigenvalue weighted by molar-refractivity contribution is -0.384. The summed E-state index contributed by atoms with van der Waals surface area (Å²) in [5.74, 6) is 0.172. The molecule has 1 aromatic rings. The topological polar surface area (TPSA) is 83.7 Å². The fourth-order valence-corrected chi connectivity index (χ4v) is 2.57. The van der Waals surface area contributed by atoms with Crippen molar-refractivity contribution in [3.05, 3.63) is 33.9 Å². The number of rotatable bonds is 7. The summed E-state index contributed by atoms with van der Waals surface area (Å²) < 4.78 is 0. The van der Waals surface area contributed by atoms with Crippen molar-refractivity contribution in [3.63, 3.8) is 0 Å². The average molecular weight is 290 g/mol. The number of benzene rings is 1. The van der Waals surface area contributed by atoms with Gasteiger partial charge in [-0.1, -0.05) is 0 Å². The maximum Gasteiger partial charge on any atom is 0.337 e. The molecule has 2 fully saturated rings. The van der Waals surface area contributed by atoms with Crippen molar-refractivity contribution >= 4 is 17.3 Å². The molecule has 6 heteroatoms. The molecule has 2 saturated carbocycles. The molecule has 0 radical (unpaired) electrons. The summed E-state index contributed by atoms with van der Waals surface area (Å²) in [5.41, 5.74) is 0.601. The van der Waals surface area contributed by atoms with Crippen LogP contribution >= 0.6 is 0 Å². The van der Waals surface area contributed by atoms with E-state index in [1.54, 1.807) is 0 Å². The molecule has 1 aromatic carbocycles. The van der Waals surface area contributed by atoms with Crippen molar-refractivity contribution in [2.24, 2.45) is 11.8 Å². The smallest absolute Gasteiger partial charge is 0.337 e. The molecule has 1 N–H and O–H groups in total. The number of hydrogen-bond donors (Lipinski definition) is 1. The predicted molar refractivity (Wildman–Crippen MR) is 77.7 cm³/mol. The molecule has 0 atom stereocenters. The first kappa shape index (κ1) is 13.9. The Kier molecular flexibility index (Phi) is 3.53. The van der Waals surface area contributed by atoms with Crippen LogP contribution in [0.2, 0.25) is 0 Å². The summed E-state index contributed by atoms with van der Waals surface area (Å²) >= 11 is 0. The van der Waals surface area contributed by atoms with E-state index in [-0.39, 0.29) is 11.3 Å².